The largest absolute Gasteiger partial charge is 0.346 e. The fourth-order valence-electron chi connectivity index (χ4n) is 1.97. The van der Waals surface area contributed by atoms with Crippen LogP contribution in [0.15, 0.2) is 57.9 Å². The molecule has 116 valence electrons. The Hall–Kier alpha value is -1.66. The van der Waals surface area contributed by atoms with Gasteiger partial charge in [-0.05, 0) is 48.9 Å². The normalized spacial score (nSPS) is 12.7. The van der Waals surface area contributed by atoms with Crippen LogP contribution in [0.2, 0.25) is 0 Å². The molecule has 1 amide bonds. The van der Waals surface area contributed by atoms with Gasteiger partial charge in [0.15, 0.2) is 9.84 Å². The van der Waals surface area contributed by atoms with Gasteiger partial charge in [0.2, 0.25) is 0 Å². The molecule has 0 unspecified atom stereocenters. The predicted molar refractivity (Wildman–Crippen MR) is 89.6 cm³/mol. The summed E-state index contributed by atoms with van der Waals surface area (Å²) in [7, 11) is -3.21. The Morgan fingerprint density at radius 2 is 1.59 bits per heavy atom. The zero-order valence-corrected chi connectivity index (χ0v) is 14.6. The van der Waals surface area contributed by atoms with E-state index in [0.29, 0.717) is 5.56 Å². The Morgan fingerprint density at radius 1 is 1.05 bits per heavy atom. The summed E-state index contributed by atoms with van der Waals surface area (Å²) in [4.78, 5) is 12.4. The zero-order valence-electron chi connectivity index (χ0n) is 12.2. The third-order valence-corrected chi connectivity index (χ3v) is 4.92. The molecular weight excluding hydrogens is 366 g/mol. The highest BCUT2D eigenvalue weighted by atomic mass is 79.9. The van der Waals surface area contributed by atoms with E-state index in [1.807, 2.05) is 6.92 Å². The molecule has 2 rings (SSSR count). The van der Waals surface area contributed by atoms with E-state index in [1.165, 1.54) is 6.26 Å². The molecule has 2 aromatic carbocycles. The molecular formula is C16H16BrNO3S. The first-order chi connectivity index (χ1) is 10.3. The van der Waals surface area contributed by atoms with Crippen molar-refractivity contribution in [2.75, 3.05) is 6.26 Å². The Kier molecular flexibility index (Phi) is 5.03. The lowest BCUT2D eigenvalue weighted by molar-refractivity contribution is 0.0940. The van der Waals surface area contributed by atoms with Gasteiger partial charge in [-0.1, -0.05) is 28.1 Å². The van der Waals surface area contributed by atoms with Crippen molar-refractivity contribution < 1.29 is 13.2 Å². The highest BCUT2D eigenvalue weighted by molar-refractivity contribution is 9.10. The van der Waals surface area contributed by atoms with Gasteiger partial charge < -0.3 is 5.32 Å². The number of hydrogen-bond acceptors (Lipinski definition) is 3. The summed E-state index contributed by atoms with van der Waals surface area (Å²) in [5.41, 5.74) is 1.42. The summed E-state index contributed by atoms with van der Waals surface area (Å²) in [5.74, 6) is -0.174. The second-order valence-electron chi connectivity index (χ2n) is 5.04. The van der Waals surface area contributed by atoms with Crippen molar-refractivity contribution in [3.8, 4) is 0 Å². The number of carbonyl (C=O) groups is 1. The van der Waals surface area contributed by atoms with Crippen LogP contribution in [0, 0.1) is 0 Å². The number of sulfone groups is 1. The zero-order chi connectivity index (χ0) is 16.3. The molecule has 0 aliphatic heterocycles. The van der Waals surface area contributed by atoms with Crippen molar-refractivity contribution in [3.05, 3.63) is 64.1 Å². The summed E-state index contributed by atoms with van der Waals surface area (Å²) >= 11 is 3.32. The summed E-state index contributed by atoms with van der Waals surface area (Å²) in [6, 6.07) is 13.4. The highest BCUT2D eigenvalue weighted by Crippen LogP contribution is 2.17. The van der Waals surface area contributed by atoms with E-state index in [9.17, 15) is 13.2 Å². The summed E-state index contributed by atoms with van der Waals surface area (Å²) < 4.78 is 23.8. The van der Waals surface area contributed by atoms with E-state index in [2.05, 4.69) is 21.2 Å². The summed E-state index contributed by atoms with van der Waals surface area (Å²) in [6.45, 7) is 1.85. The second-order valence-corrected chi connectivity index (χ2v) is 7.97. The Labute approximate surface area is 138 Å². The van der Waals surface area contributed by atoms with Crippen LogP contribution in [0.3, 0.4) is 0 Å². The van der Waals surface area contributed by atoms with Crippen LogP contribution >= 0.6 is 15.9 Å². The third-order valence-electron chi connectivity index (χ3n) is 3.26. The lowest BCUT2D eigenvalue weighted by Gasteiger charge is -2.15. The topological polar surface area (TPSA) is 63.2 Å². The fourth-order valence-corrected chi connectivity index (χ4v) is 2.86. The Morgan fingerprint density at radius 3 is 2.09 bits per heavy atom. The van der Waals surface area contributed by atoms with Crippen LogP contribution in [0.25, 0.3) is 0 Å². The quantitative estimate of drug-likeness (QED) is 0.882. The minimum Gasteiger partial charge on any atom is -0.346 e. The number of nitrogens with one attached hydrogen (secondary N) is 1. The van der Waals surface area contributed by atoms with Crippen LogP contribution in [0.4, 0.5) is 0 Å². The lowest BCUT2D eigenvalue weighted by atomic mass is 10.1. The monoisotopic (exact) mass is 381 g/mol. The van der Waals surface area contributed by atoms with Gasteiger partial charge in [-0.2, -0.15) is 0 Å². The van der Waals surface area contributed by atoms with E-state index in [0.717, 1.165) is 10.0 Å². The summed E-state index contributed by atoms with van der Waals surface area (Å²) in [6.07, 6.45) is 1.17. The van der Waals surface area contributed by atoms with Crippen molar-refractivity contribution in [3.63, 3.8) is 0 Å². The number of rotatable bonds is 4. The van der Waals surface area contributed by atoms with Crippen LogP contribution < -0.4 is 5.32 Å². The first kappa shape index (κ1) is 16.7. The van der Waals surface area contributed by atoms with E-state index in [4.69, 9.17) is 0 Å². The molecule has 0 heterocycles. The van der Waals surface area contributed by atoms with Gasteiger partial charge in [0.25, 0.3) is 5.91 Å². The summed E-state index contributed by atoms with van der Waals surface area (Å²) in [5, 5.41) is 2.89. The van der Waals surface area contributed by atoms with Crippen molar-refractivity contribution in [2.45, 2.75) is 17.9 Å². The minimum absolute atomic E-state index is 0.174. The maximum atomic E-state index is 12.1. The van der Waals surface area contributed by atoms with Gasteiger partial charge >= 0.3 is 0 Å². The van der Waals surface area contributed by atoms with Gasteiger partial charge in [-0.25, -0.2) is 8.42 Å². The van der Waals surface area contributed by atoms with Gasteiger partial charge in [0.1, 0.15) is 0 Å². The number of benzene rings is 2. The van der Waals surface area contributed by atoms with Crippen LogP contribution in [-0.4, -0.2) is 20.6 Å². The first-order valence-electron chi connectivity index (χ1n) is 6.64. The molecule has 0 bridgehead atoms. The molecule has 1 N–H and O–H groups in total. The number of amides is 1. The molecule has 0 aliphatic rings. The third kappa shape index (κ3) is 4.18. The molecule has 6 heteroatoms. The molecule has 22 heavy (non-hydrogen) atoms. The lowest BCUT2D eigenvalue weighted by Crippen LogP contribution is -2.26. The van der Waals surface area contributed by atoms with Gasteiger partial charge in [-0.3, -0.25) is 4.79 Å². The molecule has 0 aromatic heterocycles. The average Bonchev–Trinajstić information content (AvgIpc) is 2.47. The van der Waals surface area contributed by atoms with E-state index in [1.54, 1.807) is 48.5 Å². The molecule has 2 aromatic rings. The van der Waals surface area contributed by atoms with E-state index in [-0.39, 0.29) is 16.8 Å². The van der Waals surface area contributed by atoms with Crippen molar-refractivity contribution in [1.82, 2.24) is 5.32 Å². The Bertz CT molecular complexity index is 768. The molecule has 0 aliphatic carbocycles. The molecule has 0 fully saturated rings. The molecule has 0 radical (unpaired) electrons. The second kappa shape index (κ2) is 6.62. The molecule has 1 atom stereocenters. The molecule has 4 nitrogen and oxygen atoms in total. The average molecular weight is 382 g/mol. The molecule has 0 spiro atoms. The standard InChI is InChI=1S/C16H16BrNO3S/c1-11(12-5-9-15(10-6-12)22(2,20)21)18-16(19)13-3-7-14(17)8-4-13/h3-11H,1-2H3,(H,18,19)/t11-/m1/s1. The molecule has 0 saturated carbocycles. The minimum atomic E-state index is -3.21. The number of hydrogen-bond donors (Lipinski definition) is 1. The first-order valence-corrected chi connectivity index (χ1v) is 9.32. The number of carbonyl (C=O) groups excluding carboxylic acids is 1. The van der Waals surface area contributed by atoms with Crippen LogP contribution in [0.1, 0.15) is 28.9 Å². The van der Waals surface area contributed by atoms with Gasteiger partial charge in [-0.15, -0.1) is 0 Å². The van der Waals surface area contributed by atoms with Crippen molar-refractivity contribution in [1.29, 1.82) is 0 Å². The van der Waals surface area contributed by atoms with Crippen LogP contribution in [-0.2, 0) is 9.84 Å². The van der Waals surface area contributed by atoms with Crippen LogP contribution in [0.5, 0.6) is 0 Å². The van der Waals surface area contributed by atoms with Gasteiger partial charge in [0, 0.05) is 16.3 Å². The van der Waals surface area contributed by atoms with E-state index < -0.39 is 9.84 Å². The smallest absolute Gasteiger partial charge is 0.251 e. The maximum Gasteiger partial charge on any atom is 0.251 e. The number of halogens is 1. The Balaban J connectivity index is 2.10. The molecule has 0 saturated heterocycles. The van der Waals surface area contributed by atoms with Crippen molar-refractivity contribution in [2.24, 2.45) is 0 Å². The maximum absolute atomic E-state index is 12.1. The van der Waals surface area contributed by atoms with Gasteiger partial charge in [0.05, 0.1) is 10.9 Å². The fraction of sp³-hybridized carbons (Fsp3) is 0.188. The SMILES string of the molecule is C[C@@H](NC(=O)c1ccc(Br)cc1)c1ccc(S(C)(=O)=O)cc1. The highest BCUT2D eigenvalue weighted by Gasteiger charge is 2.13. The predicted octanol–water partition coefficient (Wildman–Crippen LogP) is 3.34. The van der Waals surface area contributed by atoms with E-state index >= 15 is 0 Å². The van der Waals surface area contributed by atoms with Crippen molar-refractivity contribution >= 4 is 31.7 Å².